The van der Waals surface area contributed by atoms with Crippen molar-refractivity contribution in [1.82, 2.24) is 19.4 Å². The number of carbonyl (C=O) groups excluding carboxylic acids is 1. The SMILES string of the molecule is Cc1c(S(=O)(=O)N2CCCC(C(=O)NC3CCOc4ccccc43)C2)cnn1C. The third kappa shape index (κ3) is 3.76. The van der Waals surface area contributed by atoms with Crippen LogP contribution < -0.4 is 10.1 Å². The number of hydrogen-bond acceptors (Lipinski definition) is 5. The van der Waals surface area contributed by atoms with E-state index in [9.17, 15) is 13.2 Å². The van der Waals surface area contributed by atoms with E-state index in [1.165, 1.54) is 10.5 Å². The number of nitrogens with zero attached hydrogens (tertiary/aromatic N) is 3. The van der Waals surface area contributed by atoms with Crippen molar-refractivity contribution in [2.24, 2.45) is 13.0 Å². The summed E-state index contributed by atoms with van der Waals surface area (Å²) in [7, 11) is -1.96. The number of hydrogen-bond donors (Lipinski definition) is 1. The Kier molecular flexibility index (Phi) is 5.35. The topological polar surface area (TPSA) is 93.5 Å². The van der Waals surface area contributed by atoms with Crippen LogP contribution in [0.25, 0.3) is 0 Å². The van der Waals surface area contributed by atoms with Crippen LogP contribution in [0.4, 0.5) is 0 Å². The fourth-order valence-corrected chi connectivity index (χ4v) is 5.74. The van der Waals surface area contributed by atoms with Crippen molar-refractivity contribution >= 4 is 15.9 Å². The Morgan fingerprint density at radius 2 is 2.07 bits per heavy atom. The van der Waals surface area contributed by atoms with Gasteiger partial charge in [-0.05, 0) is 25.8 Å². The van der Waals surface area contributed by atoms with E-state index in [0.717, 1.165) is 11.3 Å². The second kappa shape index (κ2) is 7.79. The van der Waals surface area contributed by atoms with Gasteiger partial charge in [-0.15, -0.1) is 0 Å². The lowest BCUT2D eigenvalue weighted by atomic mass is 9.96. The second-order valence-electron chi connectivity index (χ2n) is 7.66. The second-order valence-corrected chi connectivity index (χ2v) is 9.56. The molecule has 1 saturated heterocycles. The zero-order chi connectivity index (χ0) is 20.6. The molecule has 1 N–H and O–H groups in total. The van der Waals surface area contributed by atoms with Crippen molar-refractivity contribution in [1.29, 1.82) is 0 Å². The average Bonchev–Trinajstić information content (AvgIpc) is 3.07. The molecule has 9 heteroatoms. The fourth-order valence-electron chi connectivity index (χ4n) is 4.03. The van der Waals surface area contributed by atoms with Gasteiger partial charge in [-0.25, -0.2) is 8.42 Å². The monoisotopic (exact) mass is 418 g/mol. The fraction of sp³-hybridized carbons (Fsp3) is 0.500. The highest BCUT2D eigenvalue weighted by molar-refractivity contribution is 7.89. The third-order valence-electron chi connectivity index (χ3n) is 5.84. The predicted molar refractivity (Wildman–Crippen MR) is 107 cm³/mol. The molecule has 2 unspecified atom stereocenters. The van der Waals surface area contributed by atoms with Gasteiger partial charge in [-0.3, -0.25) is 9.48 Å². The van der Waals surface area contributed by atoms with Crippen LogP contribution in [-0.4, -0.2) is 48.1 Å². The van der Waals surface area contributed by atoms with Gasteiger partial charge in [0.1, 0.15) is 10.6 Å². The van der Waals surface area contributed by atoms with Crippen molar-refractivity contribution in [2.75, 3.05) is 19.7 Å². The number of nitrogens with one attached hydrogen (secondary N) is 1. The quantitative estimate of drug-likeness (QED) is 0.817. The number of carbonyl (C=O) groups is 1. The van der Waals surface area contributed by atoms with Crippen molar-refractivity contribution in [2.45, 2.75) is 37.1 Å². The standard InChI is InChI=1S/C20H26N4O4S/c1-14-19(12-21-23(14)2)29(26,27)24-10-5-6-15(13-24)20(25)22-17-9-11-28-18-8-4-3-7-16(17)18/h3-4,7-8,12,15,17H,5-6,9-11,13H2,1-2H3,(H,22,25). The number of aromatic nitrogens is 2. The molecular weight excluding hydrogens is 392 g/mol. The lowest BCUT2D eigenvalue weighted by Crippen LogP contribution is -2.46. The van der Waals surface area contributed by atoms with E-state index in [-0.39, 0.29) is 29.3 Å². The van der Waals surface area contributed by atoms with Gasteiger partial charge in [-0.2, -0.15) is 9.40 Å². The van der Waals surface area contributed by atoms with E-state index in [0.29, 0.717) is 38.1 Å². The first-order valence-electron chi connectivity index (χ1n) is 9.89. The summed E-state index contributed by atoms with van der Waals surface area (Å²) < 4.78 is 34.8. The number of ether oxygens (including phenoxy) is 1. The van der Waals surface area contributed by atoms with Gasteiger partial charge < -0.3 is 10.1 Å². The maximum atomic E-state index is 13.1. The van der Waals surface area contributed by atoms with Gasteiger partial charge in [0, 0.05) is 32.1 Å². The molecule has 4 rings (SSSR count). The number of benzene rings is 1. The zero-order valence-corrected chi connectivity index (χ0v) is 17.5. The first kappa shape index (κ1) is 19.9. The summed E-state index contributed by atoms with van der Waals surface area (Å²) in [6, 6.07) is 7.59. The molecule has 2 atom stereocenters. The molecule has 0 aliphatic carbocycles. The highest BCUT2D eigenvalue weighted by atomic mass is 32.2. The Labute approximate surface area is 170 Å². The molecule has 0 radical (unpaired) electrons. The molecule has 1 fully saturated rings. The normalized spacial score (nSPS) is 22.6. The molecule has 0 saturated carbocycles. The summed E-state index contributed by atoms with van der Waals surface area (Å²) in [4.78, 5) is 13.2. The summed E-state index contributed by atoms with van der Waals surface area (Å²) >= 11 is 0. The summed E-state index contributed by atoms with van der Waals surface area (Å²) in [5.74, 6) is 0.323. The number of para-hydroxylation sites is 1. The van der Waals surface area contributed by atoms with Gasteiger partial charge in [0.15, 0.2) is 0 Å². The Bertz CT molecular complexity index is 1020. The highest BCUT2D eigenvalue weighted by Crippen LogP contribution is 2.32. The molecular formula is C20H26N4O4S. The molecule has 1 aromatic carbocycles. The minimum Gasteiger partial charge on any atom is -0.493 e. The minimum absolute atomic E-state index is 0.102. The van der Waals surface area contributed by atoms with Crippen LogP contribution in [-0.2, 0) is 21.9 Å². The van der Waals surface area contributed by atoms with Crippen molar-refractivity contribution in [3.05, 3.63) is 41.7 Å². The Hall–Kier alpha value is -2.39. The zero-order valence-electron chi connectivity index (χ0n) is 16.7. The van der Waals surface area contributed by atoms with Crippen LogP contribution in [0.5, 0.6) is 5.75 Å². The molecule has 0 spiro atoms. The van der Waals surface area contributed by atoms with Crippen molar-refractivity contribution in [3.8, 4) is 5.75 Å². The van der Waals surface area contributed by atoms with Crippen LogP contribution in [0, 0.1) is 12.8 Å². The molecule has 156 valence electrons. The van der Waals surface area contributed by atoms with Gasteiger partial charge in [0.25, 0.3) is 0 Å². The van der Waals surface area contributed by atoms with E-state index < -0.39 is 10.0 Å². The van der Waals surface area contributed by atoms with Gasteiger partial charge >= 0.3 is 0 Å². The van der Waals surface area contributed by atoms with Crippen LogP contribution in [0.15, 0.2) is 35.4 Å². The Morgan fingerprint density at radius 3 is 2.83 bits per heavy atom. The molecule has 0 bridgehead atoms. The van der Waals surface area contributed by atoms with Crippen LogP contribution in [0.2, 0.25) is 0 Å². The number of sulfonamides is 1. The van der Waals surface area contributed by atoms with Gasteiger partial charge in [-0.1, -0.05) is 18.2 Å². The minimum atomic E-state index is -3.67. The lowest BCUT2D eigenvalue weighted by Gasteiger charge is -2.33. The smallest absolute Gasteiger partial charge is 0.246 e. The Balaban J connectivity index is 1.48. The van der Waals surface area contributed by atoms with E-state index in [1.54, 1.807) is 18.7 Å². The summed E-state index contributed by atoms with van der Waals surface area (Å²) in [6.45, 7) is 2.89. The van der Waals surface area contributed by atoms with Crippen LogP contribution >= 0.6 is 0 Å². The average molecular weight is 419 g/mol. The molecule has 2 aromatic rings. The summed E-state index contributed by atoms with van der Waals surface area (Å²) in [6.07, 6.45) is 3.41. The van der Waals surface area contributed by atoms with E-state index in [4.69, 9.17) is 4.74 Å². The van der Waals surface area contributed by atoms with E-state index in [1.807, 2.05) is 24.3 Å². The van der Waals surface area contributed by atoms with Crippen LogP contribution in [0.1, 0.15) is 36.6 Å². The third-order valence-corrected chi connectivity index (χ3v) is 7.81. The lowest BCUT2D eigenvalue weighted by molar-refractivity contribution is -0.127. The van der Waals surface area contributed by atoms with Crippen molar-refractivity contribution in [3.63, 3.8) is 0 Å². The summed E-state index contributed by atoms with van der Waals surface area (Å²) in [5, 5.41) is 7.16. The first-order valence-corrected chi connectivity index (χ1v) is 11.3. The first-order chi connectivity index (χ1) is 13.9. The number of rotatable bonds is 4. The molecule has 2 aliphatic heterocycles. The predicted octanol–water partition coefficient (Wildman–Crippen LogP) is 1.77. The highest BCUT2D eigenvalue weighted by Gasteiger charge is 2.36. The molecule has 1 amide bonds. The van der Waals surface area contributed by atoms with Crippen molar-refractivity contribution < 1.29 is 17.9 Å². The maximum Gasteiger partial charge on any atom is 0.246 e. The number of aryl methyl sites for hydroxylation is 1. The maximum absolute atomic E-state index is 13.1. The number of amides is 1. The molecule has 2 aliphatic rings. The van der Waals surface area contributed by atoms with Gasteiger partial charge in [0.2, 0.25) is 15.9 Å². The molecule has 8 nitrogen and oxygen atoms in total. The molecule has 29 heavy (non-hydrogen) atoms. The number of piperidine rings is 1. The number of fused-ring (bicyclic) bond motifs is 1. The van der Waals surface area contributed by atoms with Crippen LogP contribution in [0.3, 0.4) is 0 Å². The Morgan fingerprint density at radius 1 is 1.28 bits per heavy atom. The van der Waals surface area contributed by atoms with E-state index in [2.05, 4.69) is 10.4 Å². The van der Waals surface area contributed by atoms with E-state index >= 15 is 0 Å². The summed E-state index contributed by atoms with van der Waals surface area (Å²) in [5.41, 5.74) is 1.56. The molecule has 3 heterocycles. The largest absolute Gasteiger partial charge is 0.493 e. The molecule has 1 aromatic heterocycles. The van der Waals surface area contributed by atoms with Gasteiger partial charge in [0.05, 0.1) is 30.5 Å².